The molecule has 1 saturated heterocycles. The van der Waals surface area contributed by atoms with E-state index in [1.807, 2.05) is 6.92 Å². The first-order valence-electron chi connectivity index (χ1n) is 7.69. The average molecular weight is 306 g/mol. The lowest BCUT2D eigenvalue weighted by atomic mass is 10.1. The van der Waals surface area contributed by atoms with Crippen LogP contribution < -0.4 is 0 Å². The number of rotatable bonds is 11. The van der Waals surface area contributed by atoms with Crippen LogP contribution in [0, 0.1) is 0 Å². The van der Waals surface area contributed by atoms with E-state index in [0.29, 0.717) is 6.61 Å². The molecule has 1 aliphatic heterocycles. The van der Waals surface area contributed by atoms with E-state index in [4.69, 9.17) is 22.8 Å². The van der Waals surface area contributed by atoms with Gasteiger partial charge in [-0.1, -0.05) is 33.6 Å². The first kappa shape index (κ1) is 18.1. The van der Waals surface area contributed by atoms with Gasteiger partial charge in [0.25, 0.3) is 0 Å². The molecular weight excluding hydrogens is 276 g/mol. The van der Waals surface area contributed by atoms with Crippen LogP contribution in [-0.4, -0.2) is 41.7 Å². The Balaban J connectivity index is 2.55. The third kappa shape index (κ3) is 4.51. The summed E-state index contributed by atoms with van der Waals surface area (Å²) in [7, 11) is 0.746. The molecule has 0 aromatic carbocycles. The summed E-state index contributed by atoms with van der Waals surface area (Å²) in [5.41, 5.74) is 0. The summed E-state index contributed by atoms with van der Waals surface area (Å²) >= 11 is 0. The second-order valence-corrected chi connectivity index (χ2v) is 8.19. The standard InChI is InChI=1S/C14H30O5Si/c1-6-9-11-20(15-4,16-5)17-12-14(10-7-2)18-13(8-3)19-14/h13H,6-12H2,1-5H3. The smallest absolute Gasteiger partial charge is 0.377 e. The van der Waals surface area contributed by atoms with E-state index in [0.717, 1.165) is 38.1 Å². The van der Waals surface area contributed by atoms with Crippen molar-refractivity contribution in [2.24, 2.45) is 0 Å². The first-order chi connectivity index (χ1) is 9.59. The maximum absolute atomic E-state index is 6.03. The molecule has 0 N–H and O–H groups in total. The van der Waals surface area contributed by atoms with Crippen molar-refractivity contribution in [1.29, 1.82) is 0 Å². The van der Waals surface area contributed by atoms with Gasteiger partial charge in [0, 0.05) is 26.7 Å². The largest absolute Gasteiger partial charge is 0.500 e. The van der Waals surface area contributed by atoms with Crippen molar-refractivity contribution in [1.82, 2.24) is 0 Å². The number of hydrogen-bond acceptors (Lipinski definition) is 5. The molecule has 0 bridgehead atoms. The first-order valence-corrected chi connectivity index (χ1v) is 9.62. The van der Waals surface area contributed by atoms with Gasteiger partial charge in [-0.25, -0.2) is 0 Å². The van der Waals surface area contributed by atoms with Crippen molar-refractivity contribution >= 4 is 8.80 Å². The molecule has 0 aliphatic carbocycles. The Hall–Kier alpha value is 0.0169. The van der Waals surface area contributed by atoms with Gasteiger partial charge in [-0.2, -0.15) is 0 Å². The third-order valence-corrected chi connectivity index (χ3v) is 6.42. The molecule has 0 spiro atoms. The molecule has 0 atom stereocenters. The van der Waals surface area contributed by atoms with Crippen molar-refractivity contribution < 1.29 is 22.8 Å². The van der Waals surface area contributed by atoms with E-state index < -0.39 is 14.6 Å². The molecule has 1 rings (SSSR count). The molecule has 120 valence electrons. The summed E-state index contributed by atoms with van der Waals surface area (Å²) < 4.78 is 28.9. The third-order valence-electron chi connectivity index (χ3n) is 3.63. The second-order valence-electron chi connectivity index (χ2n) is 5.22. The van der Waals surface area contributed by atoms with E-state index in [1.165, 1.54) is 0 Å². The Morgan fingerprint density at radius 3 is 2.15 bits per heavy atom. The van der Waals surface area contributed by atoms with E-state index >= 15 is 0 Å². The zero-order valence-corrected chi connectivity index (χ0v) is 14.6. The molecule has 1 heterocycles. The van der Waals surface area contributed by atoms with Gasteiger partial charge in [-0.05, 0) is 12.8 Å². The Kier molecular flexibility index (Phi) is 7.64. The van der Waals surface area contributed by atoms with Crippen molar-refractivity contribution in [2.75, 3.05) is 20.8 Å². The monoisotopic (exact) mass is 306 g/mol. The van der Waals surface area contributed by atoms with E-state index in [2.05, 4.69) is 13.8 Å². The zero-order chi connectivity index (χ0) is 15.1. The lowest BCUT2D eigenvalue weighted by Gasteiger charge is -2.48. The van der Waals surface area contributed by atoms with Crippen molar-refractivity contribution in [3.05, 3.63) is 0 Å². The van der Waals surface area contributed by atoms with Crippen LogP contribution in [0.5, 0.6) is 0 Å². The number of hydrogen-bond donors (Lipinski definition) is 0. The predicted molar refractivity (Wildman–Crippen MR) is 79.3 cm³/mol. The molecule has 6 heteroatoms. The van der Waals surface area contributed by atoms with Gasteiger partial charge in [-0.3, -0.25) is 0 Å². The molecule has 1 aliphatic rings. The van der Waals surface area contributed by atoms with Crippen LogP contribution in [0.3, 0.4) is 0 Å². The molecule has 1 fully saturated rings. The van der Waals surface area contributed by atoms with Crippen LogP contribution in [0.25, 0.3) is 0 Å². The van der Waals surface area contributed by atoms with E-state index in [9.17, 15) is 0 Å². The minimum atomic E-state index is -2.58. The van der Waals surface area contributed by atoms with Gasteiger partial charge in [0.2, 0.25) is 0 Å². The van der Waals surface area contributed by atoms with Crippen LogP contribution in [0.2, 0.25) is 6.04 Å². The fourth-order valence-corrected chi connectivity index (χ4v) is 4.57. The summed E-state index contributed by atoms with van der Waals surface area (Å²) in [6.45, 7) is 6.69. The SMILES string of the molecule is CCCC[Si](OC)(OC)OCC1(CCC)OC(CC)O1. The minimum Gasteiger partial charge on any atom is -0.377 e. The molecule has 0 saturated carbocycles. The molecule has 0 unspecified atom stereocenters. The Bertz CT molecular complexity index is 264. The molecule has 0 aromatic heterocycles. The van der Waals surface area contributed by atoms with Crippen molar-refractivity contribution in [3.63, 3.8) is 0 Å². The van der Waals surface area contributed by atoms with Crippen LogP contribution in [0.15, 0.2) is 0 Å². The van der Waals surface area contributed by atoms with Gasteiger partial charge in [0.05, 0.1) is 6.61 Å². The maximum atomic E-state index is 6.03. The Morgan fingerprint density at radius 1 is 1.05 bits per heavy atom. The average Bonchev–Trinajstić information content (AvgIpc) is 2.44. The minimum absolute atomic E-state index is 0.0954. The fourth-order valence-electron chi connectivity index (χ4n) is 2.38. The fraction of sp³-hybridized carbons (Fsp3) is 1.00. The quantitative estimate of drug-likeness (QED) is 0.548. The molecule has 0 amide bonds. The molecule has 5 nitrogen and oxygen atoms in total. The highest BCUT2D eigenvalue weighted by molar-refractivity contribution is 6.60. The summed E-state index contributed by atoms with van der Waals surface area (Å²) in [5.74, 6) is -0.600. The Morgan fingerprint density at radius 2 is 1.70 bits per heavy atom. The molecule has 0 radical (unpaired) electrons. The number of unbranched alkanes of at least 4 members (excludes halogenated alkanes) is 1. The van der Waals surface area contributed by atoms with Gasteiger partial charge in [-0.15, -0.1) is 0 Å². The van der Waals surface area contributed by atoms with Crippen LogP contribution in [0.4, 0.5) is 0 Å². The van der Waals surface area contributed by atoms with Gasteiger partial charge in [0.1, 0.15) is 0 Å². The van der Waals surface area contributed by atoms with Gasteiger partial charge >= 0.3 is 8.80 Å². The topological polar surface area (TPSA) is 46.2 Å². The van der Waals surface area contributed by atoms with Crippen LogP contribution >= 0.6 is 0 Å². The van der Waals surface area contributed by atoms with E-state index in [1.54, 1.807) is 14.2 Å². The summed E-state index contributed by atoms with van der Waals surface area (Å²) in [4.78, 5) is 0. The zero-order valence-electron chi connectivity index (χ0n) is 13.6. The highest BCUT2D eigenvalue weighted by atomic mass is 28.4. The molecule has 0 aromatic rings. The lowest BCUT2D eigenvalue weighted by molar-refractivity contribution is -0.459. The predicted octanol–water partition coefficient (Wildman–Crippen LogP) is 3.31. The summed E-state index contributed by atoms with van der Waals surface area (Å²) in [5, 5.41) is 0. The van der Waals surface area contributed by atoms with E-state index in [-0.39, 0.29) is 6.29 Å². The molecule has 20 heavy (non-hydrogen) atoms. The van der Waals surface area contributed by atoms with Gasteiger partial charge in [0.15, 0.2) is 12.1 Å². The lowest BCUT2D eigenvalue weighted by Crippen LogP contribution is -2.59. The summed E-state index contributed by atoms with van der Waals surface area (Å²) in [6, 6.07) is 0.829. The number of ether oxygens (including phenoxy) is 2. The highest BCUT2D eigenvalue weighted by Crippen LogP contribution is 2.36. The van der Waals surface area contributed by atoms with Gasteiger partial charge < -0.3 is 22.8 Å². The van der Waals surface area contributed by atoms with Crippen LogP contribution in [0.1, 0.15) is 52.9 Å². The van der Waals surface area contributed by atoms with Crippen molar-refractivity contribution in [2.45, 2.75) is 71.0 Å². The summed E-state index contributed by atoms with van der Waals surface area (Å²) in [6.07, 6.45) is 4.71. The maximum Gasteiger partial charge on any atom is 0.500 e. The highest BCUT2D eigenvalue weighted by Gasteiger charge is 2.49. The Labute approximate surface area is 124 Å². The van der Waals surface area contributed by atoms with Crippen molar-refractivity contribution in [3.8, 4) is 0 Å². The molecular formula is C14H30O5Si. The van der Waals surface area contributed by atoms with Crippen LogP contribution in [-0.2, 0) is 22.8 Å². The normalized spacial score (nSPS) is 26.6. The second kappa shape index (κ2) is 8.46.